The van der Waals surface area contributed by atoms with Crippen molar-refractivity contribution in [3.05, 3.63) is 23.5 Å². The lowest BCUT2D eigenvalue weighted by Gasteiger charge is -2.01. The van der Waals surface area contributed by atoms with E-state index in [1.807, 2.05) is 0 Å². The molecular formula is C6H4F3OP. The zero-order valence-corrected chi connectivity index (χ0v) is 6.39. The van der Waals surface area contributed by atoms with Gasteiger partial charge in [0.15, 0.2) is 11.6 Å². The average Bonchev–Trinajstić information content (AvgIpc) is 1.97. The first-order valence-electron chi connectivity index (χ1n) is 2.66. The van der Waals surface area contributed by atoms with Crippen LogP contribution in [-0.4, -0.2) is 5.11 Å². The number of hydrogen-bond donors (Lipinski definition) is 1. The summed E-state index contributed by atoms with van der Waals surface area (Å²) < 4.78 is 37.0. The summed E-state index contributed by atoms with van der Waals surface area (Å²) in [6.07, 6.45) is 0. The molecule has 0 bridgehead atoms. The molecule has 0 saturated heterocycles. The molecule has 0 heterocycles. The molecule has 1 nitrogen and oxygen atoms in total. The largest absolute Gasteiger partial charge is 0.504 e. The maximum absolute atomic E-state index is 12.4. The monoisotopic (exact) mass is 180 g/mol. The maximum Gasteiger partial charge on any atom is 0.201 e. The molecule has 11 heavy (non-hydrogen) atoms. The minimum absolute atomic E-state index is 0.371. The van der Waals surface area contributed by atoms with Gasteiger partial charge in [-0.3, -0.25) is 0 Å². The molecule has 0 fully saturated rings. The number of hydrogen-bond acceptors (Lipinski definition) is 1. The Balaban J connectivity index is 3.46. The van der Waals surface area contributed by atoms with Crippen LogP contribution in [0.1, 0.15) is 0 Å². The zero-order valence-electron chi connectivity index (χ0n) is 5.24. The van der Waals surface area contributed by atoms with Crippen LogP contribution in [0.15, 0.2) is 6.07 Å². The quantitative estimate of drug-likeness (QED) is 0.471. The summed E-state index contributed by atoms with van der Waals surface area (Å²) in [5, 5.41) is 8.32. The third-order valence-corrected chi connectivity index (χ3v) is 1.73. The van der Waals surface area contributed by atoms with Crippen molar-refractivity contribution in [2.75, 3.05) is 0 Å². The number of benzene rings is 1. The molecule has 0 spiro atoms. The fraction of sp³-hybridized carbons (Fsp3) is 0. The van der Waals surface area contributed by atoms with Crippen LogP contribution in [-0.2, 0) is 0 Å². The van der Waals surface area contributed by atoms with E-state index in [0.29, 0.717) is 6.07 Å². The Hall–Kier alpha value is -0.760. The Kier molecular flexibility index (Phi) is 2.05. The van der Waals surface area contributed by atoms with Crippen molar-refractivity contribution >= 4 is 14.5 Å². The highest BCUT2D eigenvalue weighted by Gasteiger charge is 2.14. The molecule has 1 rings (SSSR count). The number of aromatic hydroxyl groups is 1. The van der Waals surface area contributed by atoms with Crippen LogP contribution in [0.3, 0.4) is 0 Å². The predicted molar refractivity (Wildman–Crippen MR) is 37.3 cm³/mol. The summed E-state index contributed by atoms with van der Waals surface area (Å²) >= 11 is 0. The van der Waals surface area contributed by atoms with Crippen molar-refractivity contribution in [3.8, 4) is 5.75 Å². The lowest BCUT2D eigenvalue weighted by atomic mass is 10.3. The minimum Gasteiger partial charge on any atom is -0.504 e. The molecule has 1 N–H and O–H groups in total. The van der Waals surface area contributed by atoms with Crippen molar-refractivity contribution < 1.29 is 18.3 Å². The molecule has 5 heteroatoms. The zero-order chi connectivity index (χ0) is 8.59. The molecule has 0 saturated carbocycles. The van der Waals surface area contributed by atoms with Crippen LogP contribution in [0.25, 0.3) is 0 Å². The summed E-state index contributed by atoms with van der Waals surface area (Å²) in [5.41, 5.74) is 0. The number of phenols is 1. The van der Waals surface area contributed by atoms with E-state index < -0.39 is 23.2 Å². The molecule has 1 unspecified atom stereocenters. The fourth-order valence-corrected chi connectivity index (χ4v) is 0.807. The van der Waals surface area contributed by atoms with E-state index in [-0.39, 0.29) is 5.30 Å². The van der Waals surface area contributed by atoms with Crippen molar-refractivity contribution in [3.63, 3.8) is 0 Å². The van der Waals surface area contributed by atoms with Crippen LogP contribution in [0.4, 0.5) is 13.2 Å². The smallest absolute Gasteiger partial charge is 0.201 e. The fourth-order valence-electron chi connectivity index (χ4n) is 0.597. The van der Waals surface area contributed by atoms with Crippen LogP contribution in [0.2, 0.25) is 0 Å². The van der Waals surface area contributed by atoms with Gasteiger partial charge in [-0.25, -0.2) is 8.78 Å². The first kappa shape index (κ1) is 8.34. The number of rotatable bonds is 0. The lowest BCUT2D eigenvalue weighted by Crippen LogP contribution is -2.03. The van der Waals surface area contributed by atoms with E-state index in [2.05, 4.69) is 0 Å². The second kappa shape index (κ2) is 2.70. The Morgan fingerprint density at radius 2 is 1.73 bits per heavy atom. The highest BCUT2D eigenvalue weighted by Crippen LogP contribution is 2.19. The predicted octanol–water partition coefficient (Wildman–Crippen LogP) is 1.31. The first-order chi connectivity index (χ1) is 5.04. The van der Waals surface area contributed by atoms with Gasteiger partial charge >= 0.3 is 0 Å². The summed E-state index contributed by atoms with van der Waals surface area (Å²) in [6.45, 7) is 0. The standard InChI is InChI=1S/C6H4F3OP/c7-2-1-3(8)6(11)5(10)4(2)9/h1,10H,11H2. The van der Waals surface area contributed by atoms with Gasteiger partial charge in [0.2, 0.25) is 5.82 Å². The van der Waals surface area contributed by atoms with Gasteiger partial charge in [0, 0.05) is 6.07 Å². The van der Waals surface area contributed by atoms with Gasteiger partial charge in [0.05, 0.1) is 5.30 Å². The van der Waals surface area contributed by atoms with E-state index in [9.17, 15) is 13.2 Å². The second-order valence-electron chi connectivity index (χ2n) is 1.92. The first-order valence-corrected chi connectivity index (χ1v) is 3.23. The highest BCUT2D eigenvalue weighted by molar-refractivity contribution is 7.27. The van der Waals surface area contributed by atoms with Gasteiger partial charge in [-0.2, -0.15) is 4.39 Å². The minimum atomic E-state index is -1.43. The maximum atomic E-state index is 12.4. The third-order valence-electron chi connectivity index (χ3n) is 1.18. The van der Waals surface area contributed by atoms with Crippen molar-refractivity contribution in [2.45, 2.75) is 0 Å². The van der Waals surface area contributed by atoms with Gasteiger partial charge in [-0.15, -0.1) is 0 Å². The van der Waals surface area contributed by atoms with E-state index in [1.165, 1.54) is 0 Å². The molecule has 0 aromatic heterocycles. The molecule has 1 aromatic rings. The van der Waals surface area contributed by atoms with Gasteiger partial charge in [-0.1, -0.05) is 9.24 Å². The van der Waals surface area contributed by atoms with Crippen LogP contribution in [0.5, 0.6) is 5.75 Å². The molecular weight excluding hydrogens is 176 g/mol. The molecule has 0 aliphatic carbocycles. The molecule has 0 amide bonds. The average molecular weight is 180 g/mol. The highest BCUT2D eigenvalue weighted by atomic mass is 31.0. The van der Waals surface area contributed by atoms with Crippen LogP contribution >= 0.6 is 9.24 Å². The Labute approximate surface area is 63.1 Å². The Bertz CT molecular complexity index is 274. The van der Waals surface area contributed by atoms with Gasteiger partial charge in [-0.05, 0) is 0 Å². The van der Waals surface area contributed by atoms with E-state index in [4.69, 9.17) is 5.11 Å². The Morgan fingerprint density at radius 3 is 2.27 bits per heavy atom. The second-order valence-corrected chi connectivity index (χ2v) is 2.49. The van der Waals surface area contributed by atoms with E-state index >= 15 is 0 Å². The summed E-state index contributed by atoms with van der Waals surface area (Å²) in [5.74, 6) is -4.83. The van der Waals surface area contributed by atoms with Gasteiger partial charge in [0.1, 0.15) is 5.82 Å². The van der Waals surface area contributed by atoms with Crippen LogP contribution < -0.4 is 5.30 Å². The van der Waals surface area contributed by atoms with E-state index in [0.717, 1.165) is 0 Å². The molecule has 0 radical (unpaired) electrons. The van der Waals surface area contributed by atoms with Gasteiger partial charge in [0.25, 0.3) is 0 Å². The van der Waals surface area contributed by atoms with E-state index in [1.54, 1.807) is 9.24 Å². The van der Waals surface area contributed by atoms with Crippen molar-refractivity contribution in [1.82, 2.24) is 0 Å². The SMILES string of the molecule is Oc1c(F)c(F)cc(F)c1P. The topological polar surface area (TPSA) is 20.2 Å². The summed E-state index contributed by atoms with van der Waals surface area (Å²) in [7, 11) is 1.77. The number of halogens is 3. The molecule has 1 aromatic carbocycles. The molecule has 1 atom stereocenters. The number of phenolic OH excluding ortho intramolecular Hbond substituents is 1. The van der Waals surface area contributed by atoms with Gasteiger partial charge < -0.3 is 5.11 Å². The summed E-state index contributed by atoms with van der Waals surface area (Å²) in [4.78, 5) is 0. The molecule has 0 aliphatic rings. The lowest BCUT2D eigenvalue weighted by molar-refractivity contribution is 0.405. The normalized spacial score (nSPS) is 10.2. The molecule has 0 aliphatic heterocycles. The third kappa shape index (κ3) is 1.31. The Morgan fingerprint density at radius 1 is 1.18 bits per heavy atom. The van der Waals surface area contributed by atoms with Crippen LogP contribution in [0, 0.1) is 17.5 Å². The van der Waals surface area contributed by atoms with Crippen molar-refractivity contribution in [2.24, 2.45) is 0 Å². The summed E-state index contributed by atoms with van der Waals surface area (Å²) in [6, 6.07) is 0.372. The van der Waals surface area contributed by atoms with Crippen molar-refractivity contribution in [1.29, 1.82) is 0 Å². The molecule has 60 valence electrons.